The van der Waals surface area contributed by atoms with E-state index < -0.39 is 0 Å². The summed E-state index contributed by atoms with van der Waals surface area (Å²) in [5.74, 6) is 1.12. The summed E-state index contributed by atoms with van der Waals surface area (Å²) >= 11 is 0. The van der Waals surface area contributed by atoms with Crippen LogP contribution < -0.4 is 11.1 Å². The summed E-state index contributed by atoms with van der Waals surface area (Å²) in [5, 5.41) is 3.22. The zero-order valence-electron chi connectivity index (χ0n) is 11.0. The molecule has 0 spiro atoms. The molecule has 0 aromatic rings. The number of nitrogens with two attached hydrogens (primary N) is 1. The van der Waals surface area contributed by atoms with Crippen LogP contribution >= 0.6 is 0 Å². The van der Waals surface area contributed by atoms with Crippen LogP contribution in [0.25, 0.3) is 0 Å². The minimum atomic E-state index is 0.177. The van der Waals surface area contributed by atoms with Crippen molar-refractivity contribution in [1.29, 1.82) is 0 Å². The van der Waals surface area contributed by atoms with Crippen LogP contribution in [0.3, 0.4) is 0 Å². The minimum Gasteiger partial charge on any atom is -0.353 e. The van der Waals surface area contributed by atoms with E-state index >= 15 is 0 Å². The Kier molecular flexibility index (Phi) is 4.43. The summed E-state index contributed by atoms with van der Waals surface area (Å²) in [5.41, 5.74) is 5.86. The van der Waals surface area contributed by atoms with Crippen molar-refractivity contribution >= 4 is 5.91 Å². The van der Waals surface area contributed by atoms with Gasteiger partial charge in [0.1, 0.15) is 0 Å². The molecule has 0 aliphatic heterocycles. The lowest BCUT2D eigenvalue weighted by atomic mass is 9.84. The third-order valence-corrected chi connectivity index (χ3v) is 4.57. The number of rotatable bonds is 3. The van der Waals surface area contributed by atoms with Gasteiger partial charge in [-0.05, 0) is 44.9 Å². The number of amides is 1. The Balaban J connectivity index is 1.77. The summed E-state index contributed by atoms with van der Waals surface area (Å²) in [6.45, 7) is 2.17. The van der Waals surface area contributed by atoms with Gasteiger partial charge in [-0.25, -0.2) is 0 Å². The molecule has 0 heterocycles. The fourth-order valence-electron chi connectivity index (χ4n) is 3.35. The van der Waals surface area contributed by atoms with E-state index in [4.69, 9.17) is 5.73 Å². The smallest absolute Gasteiger partial charge is 0.223 e. The fourth-order valence-corrected chi connectivity index (χ4v) is 3.35. The van der Waals surface area contributed by atoms with Gasteiger partial charge in [0.05, 0.1) is 0 Å². The quantitative estimate of drug-likeness (QED) is 0.792. The zero-order chi connectivity index (χ0) is 12.3. The highest BCUT2D eigenvalue weighted by Crippen LogP contribution is 2.28. The van der Waals surface area contributed by atoms with Gasteiger partial charge in [-0.2, -0.15) is 0 Å². The second-order valence-electron chi connectivity index (χ2n) is 5.97. The average molecular weight is 238 g/mol. The maximum atomic E-state index is 12.1. The second kappa shape index (κ2) is 5.85. The highest BCUT2D eigenvalue weighted by Gasteiger charge is 2.30. The molecule has 0 saturated heterocycles. The third kappa shape index (κ3) is 3.44. The molecular weight excluding hydrogens is 212 g/mol. The molecule has 0 radical (unpaired) electrons. The fraction of sp³-hybridized carbons (Fsp3) is 0.929. The highest BCUT2D eigenvalue weighted by molar-refractivity contribution is 5.79. The first-order chi connectivity index (χ1) is 8.16. The summed E-state index contributed by atoms with van der Waals surface area (Å²) in [6, 6.07) is 0.593. The van der Waals surface area contributed by atoms with Crippen LogP contribution in [0.2, 0.25) is 0 Å². The molecule has 98 valence electrons. The molecule has 2 aliphatic carbocycles. The Morgan fingerprint density at radius 1 is 1.18 bits per heavy atom. The maximum Gasteiger partial charge on any atom is 0.223 e. The first-order valence-electron chi connectivity index (χ1n) is 7.22. The van der Waals surface area contributed by atoms with E-state index in [0.717, 1.165) is 19.3 Å². The molecule has 3 heteroatoms. The molecule has 2 saturated carbocycles. The van der Waals surface area contributed by atoms with Crippen molar-refractivity contribution in [2.45, 2.75) is 70.4 Å². The first-order valence-corrected chi connectivity index (χ1v) is 7.22. The summed E-state index contributed by atoms with van der Waals surface area (Å²) in [7, 11) is 0. The van der Waals surface area contributed by atoms with E-state index in [9.17, 15) is 4.79 Å². The molecule has 1 amide bonds. The standard InChI is InChI=1S/C14H26N2O/c1-10(11-5-3-2-4-6-11)16-14(17)12-7-8-13(15)9-12/h10-13H,2-9,15H2,1H3,(H,16,17)/t10-,12?,13?/m1/s1. The van der Waals surface area contributed by atoms with Crippen molar-refractivity contribution in [3.8, 4) is 0 Å². The lowest BCUT2D eigenvalue weighted by Gasteiger charge is -2.29. The molecular formula is C14H26N2O. The van der Waals surface area contributed by atoms with E-state index in [-0.39, 0.29) is 17.9 Å². The predicted molar refractivity (Wildman–Crippen MR) is 69.5 cm³/mol. The van der Waals surface area contributed by atoms with Crippen LogP contribution in [0.1, 0.15) is 58.3 Å². The van der Waals surface area contributed by atoms with Crippen LogP contribution in [0.5, 0.6) is 0 Å². The molecule has 0 aromatic heterocycles. The number of hydrogen-bond donors (Lipinski definition) is 2. The summed E-state index contributed by atoms with van der Waals surface area (Å²) < 4.78 is 0. The van der Waals surface area contributed by atoms with Gasteiger partial charge in [-0.15, -0.1) is 0 Å². The molecule has 0 bridgehead atoms. The van der Waals surface area contributed by atoms with Crippen molar-refractivity contribution in [3.63, 3.8) is 0 Å². The Morgan fingerprint density at radius 2 is 1.88 bits per heavy atom. The van der Waals surface area contributed by atoms with Crippen LogP contribution in [-0.2, 0) is 4.79 Å². The number of carbonyl (C=O) groups excluding carboxylic acids is 1. The van der Waals surface area contributed by atoms with Crippen LogP contribution in [0.15, 0.2) is 0 Å². The van der Waals surface area contributed by atoms with Crippen molar-refractivity contribution in [2.24, 2.45) is 17.6 Å². The number of nitrogens with one attached hydrogen (secondary N) is 1. The summed E-state index contributed by atoms with van der Waals surface area (Å²) in [4.78, 5) is 12.1. The average Bonchev–Trinajstić information content (AvgIpc) is 2.77. The lowest BCUT2D eigenvalue weighted by Crippen LogP contribution is -2.41. The van der Waals surface area contributed by atoms with Gasteiger partial charge >= 0.3 is 0 Å². The van der Waals surface area contributed by atoms with E-state index in [1.165, 1.54) is 32.1 Å². The van der Waals surface area contributed by atoms with E-state index in [1.54, 1.807) is 0 Å². The first kappa shape index (κ1) is 12.9. The van der Waals surface area contributed by atoms with Gasteiger partial charge in [-0.1, -0.05) is 19.3 Å². The highest BCUT2D eigenvalue weighted by atomic mass is 16.1. The van der Waals surface area contributed by atoms with Crippen LogP contribution in [-0.4, -0.2) is 18.0 Å². The molecule has 0 aromatic carbocycles. The maximum absolute atomic E-state index is 12.1. The van der Waals surface area contributed by atoms with Gasteiger partial charge in [0.15, 0.2) is 0 Å². The Bertz CT molecular complexity index is 261. The molecule has 17 heavy (non-hydrogen) atoms. The van der Waals surface area contributed by atoms with Gasteiger partial charge < -0.3 is 11.1 Å². The van der Waals surface area contributed by atoms with Crippen molar-refractivity contribution in [3.05, 3.63) is 0 Å². The number of hydrogen-bond acceptors (Lipinski definition) is 2. The normalized spacial score (nSPS) is 32.4. The molecule has 3 N–H and O–H groups in total. The monoisotopic (exact) mass is 238 g/mol. The predicted octanol–water partition coefficient (Wildman–Crippen LogP) is 2.20. The Morgan fingerprint density at radius 3 is 2.47 bits per heavy atom. The van der Waals surface area contributed by atoms with E-state index in [0.29, 0.717) is 12.0 Å². The molecule has 3 atom stereocenters. The van der Waals surface area contributed by atoms with Crippen molar-refractivity contribution < 1.29 is 4.79 Å². The van der Waals surface area contributed by atoms with E-state index in [2.05, 4.69) is 12.2 Å². The molecule has 2 aliphatic rings. The molecule has 2 fully saturated rings. The summed E-state index contributed by atoms with van der Waals surface area (Å²) in [6.07, 6.45) is 9.47. The lowest BCUT2D eigenvalue weighted by molar-refractivity contribution is -0.125. The Hall–Kier alpha value is -0.570. The van der Waals surface area contributed by atoms with Crippen LogP contribution in [0, 0.1) is 11.8 Å². The number of carbonyl (C=O) groups is 1. The molecule has 2 rings (SSSR count). The zero-order valence-corrected chi connectivity index (χ0v) is 11.0. The second-order valence-corrected chi connectivity index (χ2v) is 5.97. The van der Waals surface area contributed by atoms with E-state index in [1.807, 2.05) is 0 Å². The topological polar surface area (TPSA) is 55.1 Å². The van der Waals surface area contributed by atoms with Crippen molar-refractivity contribution in [2.75, 3.05) is 0 Å². The largest absolute Gasteiger partial charge is 0.353 e. The van der Waals surface area contributed by atoms with Gasteiger partial charge in [0, 0.05) is 18.0 Å². The van der Waals surface area contributed by atoms with Gasteiger partial charge in [-0.3, -0.25) is 4.79 Å². The SMILES string of the molecule is C[C@@H](NC(=O)C1CCC(N)C1)C1CCCCC1. The Labute approximate surface area is 105 Å². The third-order valence-electron chi connectivity index (χ3n) is 4.57. The molecule has 3 nitrogen and oxygen atoms in total. The van der Waals surface area contributed by atoms with Crippen LogP contribution in [0.4, 0.5) is 0 Å². The minimum absolute atomic E-state index is 0.177. The van der Waals surface area contributed by atoms with Gasteiger partial charge in [0.2, 0.25) is 5.91 Å². The van der Waals surface area contributed by atoms with Crippen molar-refractivity contribution in [1.82, 2.24) is 5.32 Å². The van der Waals surface area contributed by atoms with Gasteiger partial charge in [0.25, 0.3) is 0 Å². The molecule has 2 unspecified atom stereocenters.